The van der Waals surface area contributed by atoms with Crippen molar-refractivity contribution in [3.05, 3.63) is 28.5 Å². The minimum atomic E-state index is -4.59. The molecule has 1 heterocycles. The van der Waals surface area contributed by atoms with Crippen LogP contribution < -0.4 is 0 Å². The maximum absolute atomic E-state index is 11.9. The van der Waals surface area contributed by atoms with Gasteiger partial charge in [-0.2, -0.15) is 13.2 Å². The molecule has 0 fully saturated rings. The fraction of sp³-hybridized carbons (Fsp3) is 0.375. The number of pyridine rings is 1. The van der Waals surface area contributed by atoms with Crippen molar-refractivity contribution in [2.75, 3.05) is 0 Å². The van der Waals surface area contributed by atoms with Crippen molar-refractivity contribution >= 4 is 15.9 Å². The first-order valence-corrected chi connectivity index (χ1v) is 4.54. The SMILES string of the molecule is OC(Cc1ccc(Br)cn1)C(F)(F)F. The van der Waals surface area contributed by atoms with Crippen molar-refractivity contribution in [1.29, 1.82) is 0 Å². The largest absolute Gasteiger partial charge is 0.414 e. The number of rotatable bonds is 2. The summed E-state index contributed by atoms with van der Waals surface area (Å²) in [5.74, 6) is 0. The van der Waals surface area contributed by atoms with Gasteiger partial charge in [-0.1, -0.05) is 0 Å². The van der Waals surface area contributed by atoms with Crippen LogP contribution in [0.5, 0.6) is 0 Å². The van der Waals surface area contributed by atoms with Crippen molar-refractivity contribution < 1.29 is 18.3 Å². The van der Waals surface area contributed by atoms with Gasteiger partial charge in [0.15, 0.2) is 6.10 Å². The summed E-state index contributed by atoms with van der Waals surface area (Å²) in [4.78, 5) is 3.72. The number of aliphatic hydroxyl groups excluding tert-OH is 1. The zero-order chi connectivity index (χ0) is 10.8. The van der Waals surface area contributed by atoms with Gasteiger partial charge in [0.1, 0.15) is 0 Å². The molecule has 0 spiro atoms. The minimum absolute atomic E-state index is 0.207. The summed E-state index contributed by atoms with van der Waals surface area (Å²) < 4.78 is 36.5. The number of nitrogens with zero attached hydrogens (tertiary/aromatic N) is 1. The summed E-state index contributed by atoms with van der Waals surface area (Å²) >= 11 is 3.10. The first-order chi connectivity index (χ1) is 6.39. The van der Waals surface area contributed by atoms with Crippen LogP contribution in [-0.2, 0) is 6.42 Å². The second-order valence-corrected chi connectivity index (χ2v) is 3.64. The summed E-state index contributed by atoms with van der Waals surface area (Å²) in [5.41, 5.74) is 0.207. The Labute approximate surface area is 86.9 Å². The molecule has 78 valence electrons. The molecule has 0 bridgehead atoms. The molecule has 0 aromatic carbocycles. The molecule has 0 radical (unpaired) electrons. The zero-order valence-corrected chi connectivity index (χ0v) is 8.51. The molecule has 1 rings (SSSR count). The number of alkyl halides is 3. The zero-order valence-electron chi connectivity index (χ0n) is 6.92. The van der Waals surface area contributed by atoms with Crippen LogP contribution in [-0.4, -0.2) is 22.4 Å². The Bertz CT molecular complexity index is 298. The van der Waals surface area contributed by atoms with Gasteiger partial charge in [-0.25, -0.2) is 0 Å². The maximum Gasteiger partial charge on any atom is 0.414 e. The summed E-state index contributed by atoms with van der Waals surface area (Å²) in [7, 11) is 0. The van der Waals surface area contributed by atoms with Crippen LogP contribution in [0.3, 0.4) is 0 Å². The van der Waals surface area contributed by atoms with E-state index < -0.39 is 18.7 Å². The third-order valence-corrected chi connectivity index (χ3v) is 2.04. The van der Waals surface area contributed by atoms with Crippen LogP contribution in [0.25, 0.3) is 0 Å². The fourth-order valence-corrected chi connectivity index (χ4v) is 1.08. The Morgan fingerprint density at radius 3 is 2.50 bits per heavy atom. The highest BCUT2D eigenvalue weighted by Gasteiger charge is 2.38. The van der Waals surface area contributed by atoms with Gasteiger partial charge in [-0.15, -0.1) is 0 Å². The summed E-state index contributed by atoms with van der Waals surface area (Å²) in [5, 5.41) is 8.73. The van der Waals surface area contributed by atoms with E-state index in [1.807, 2.05) is 0 Å². The predicted octanol–water partition coefficient (Wildman–Crippen LogP) is 2.31. The normalized spacial score (nSPS) is 14.1. The van der Waals surface area contributed by atoms with Gasteiger partial charge >= 0.3 is 6.18 Å². The van der Waals surface area contributed by atoms with Crippen molar-refractivity contribution in [3.8, 4) is 0 Å². The van der Waals surface area contributed by atoms with Gasteiger partial charge in [0, 0.05) is 22.8 Å². The molecule has 1 N–H and O–H groups in total. The number of aliphatic hydroxyl groups is 1. The Balaban J connectivity index is 2.65. The van der Waals surface area contributed by atoms with Crippen LogP contribution in [0, 0.1) is 0 Å². The second kappa shape index (κ2) is 4.27. The van der Waals surface area contributed by atoms with Gasteiger partial charge in [-0.05, 0) is 28.1 Å². The Morgan fingerprint density at radius 2 is 2.07 bits per heavy atom. The molecule has 0 aliphatic rings. The molecule has 1 aromatic rings. The van der Waals surface area contributed by atoms with E-state index in [0.29, 0.717) is 4.47 Å². The molecule has 0 saturated heterocycles. The van der Waals surface area contributed by atoms with E-state index in [9.17, 15) is 13.2 Å². The van der Waals surface area contributed by atoms with E-state index in [0.717, 1.165) is 0 Å². The molecule has 14 heavy (non-hydrogen) atoms. The number of hydrogen-bond donors (Lipinski definition) is 1. The predicted molar refractivity (Wildman–Crippen MR) is 47.7 cm³/mol. The molecular weight excluding hydrogens is 263 g/mol. The molecular formula is C8H7BrF3NO. The van der Waals surface area contributed by atoms with Crippen LogP contribution in [0.4, 0.5) is 13.2 Å². The lowest BCUT2D eigenvalue weighted by molar-refractivity contribution is -0.203. The van der Waals surface area contributed by atoms with E-state index in [1.165, 1.54) is 12.3 Å². The third kappa shape index (κ3) is 3.26. The van der Waals surface area contributed by atoms with E-state index in [1.54, 1.807) is 6.07 Å². The quantitative estimate of drug-likeness (QED) is 0.894. The molecule has 1 unspecified atom stereocenters. The van der Waals surface area contributed by atoms with Crippen molar-refractivity contribution in [2.24, 2.45) is 0 Å². The molecule has 1 aromatic heterocycles. The molecule has 0 saturated carbocycles. The van der Waals surface area contributed by atoms with Crippen LogP contribution in [0.2, 0.25) is 0 Å². The van der Waals surface area contributed by atoms with Crippen molar-refractivity contribution in [2.45, 2.75) is 18.7 Å². The molecule has 0 aliphatic carbocycles. The highest BCUT2D eigenvalue weighted by atomic mass is 79.9. The van der Waals surface area contributed by atoms with E-state index in [-0.39, 0.29) is 5.69 Å². The Hall–Kier alpha value is -0.620. The molecule has 0 amide bonds. The second-order valence-electron chi connectivity index (χ2n) is 2.73. The van der Waals surface area contributed by atoms with Crippen molar-refractivity contribution in [3.63, 3.8) is 0 Å². The topological polar surface area (TPSA) is 33.1 Å². The number of hydrogen-bond acceptors (Lipinski definition) is 2. The van der Waals surface area contributed by atoms with Gasteiger partial charge in [-0.3, -0.25) is 4.98 Å². The van der Waals surface area contributed by atoms with E-state index in [2.05, 4.69) is 20.9 Å². The lowest BCUT2D eigenvalue weighted by atomic mass is 10.2. The first-order valence-electron chi connectivity index (χ1n) is 3.75. The average molecular weight is 270 g/mol. The van der Waals surface area contributed by atoms with Crippen molar-refractivity contribution in [1.82, 2.24) is 4.98 Å². The minimum Gasteiger partial charge on any atom is -0.383 e. The Morgan fingerprint density at radius 1 is 1.43 bits per heavy atom. The molecule has 0 aliphatic heterocycles. The summed E-state index contributed by atoms with van der Waals surface area (Å²) in [6.45, 7) is 0. The summed E-state index contributed by atoms with van der Waals surface area (Å²) in [6, 6.07) is 3.00. The standard InChI is InChI=1S/C8H7BrF3NO/c9-5-1-2-6(13-4-5)3-7(14)8(10,11)12/h1-2,4,7,14H,3H2. The fourth-order valence-electron chi connectivity index (χ4n) is 0.841. The molecule has 2 nitrogen and oxygen atoms in total. The first kappa shape index (κ1) is 11.5. The summed E-state index contributed by atoms with van der Waals surface area (Å²) in [6.07, 6.45) is -6.07. The monoisotopic (exact) mass is 269 g/mol. The molecule has 1 atom stereocenters. The molecule has 6 heteroatoms. The lowest BCUT2D eigenvalue weighted by Crippen LogP contribution is -2.30. The maximum atomic E-state index is 11.9. The number of halogens is 4. The van der Waals surface area contributed by atoms with Crippen LogP contribution in [0.1, 0.15) is 5.69 Å². The highest BCUT2D eigenvalue weighted by molar-refractivity contribution is 9.10. The smallest absolute Gasteiger partial charge is 0.383 e. The van der Waals surface area contributed by atoms with Crippen LogP contribution >= 0.6 is 15.9 Å². The van der Waals surface area contributed by atoms with E-state index in [4.69, 9.17) is 5.11 Å². The van der Waals surface area contributed by atoms with E-state index >= 15 is 0 Å². The van der Waals surface area contributed by atoms with Gasteiger partial charge in [0.25, 0.3) is 0 Å². The van der Waals surface area contributed by atoms with Crippen LogP contribution in [0.15, 0.2) is 22.8 Å². The highest BCUT2D eigenvalue weighted by Crippen LogP contribution is 2.22. The third-order valence-electron chi connectivity index (χ3n) is 1.57. The average Bonchev–Trinajstić information content (AvgIpc) is 2.07. The van der Waals surface area contributed by atoms with Gasteiger partial charge < -0.3 is 5.11 Å². The van der Waals surface area contributed by atoms with Gasteiger partial charge in [0.05, 0.1) is 0 Å². The van der Waals surface area contributed by atoms with Gasteiger partial charge in [0.2, 0.25) is 0 Å². The lowest BCUT2D eigenvalue weighted by Gasteiger charge is -2.13. The Kier molecular flexibility index (Phi) is 3.49. The number of aromatic nitrogens is 1.